The number of cyclic esters (lactones) is 1. The summed E-state index contributed by atoms with van der Waals surface area (Å²) < 4.78 is 11.0. The van der Waals surface area contributed by atoms with Crippen molar-refractivity contribution in [1.82, 2.24) is 0 Å². The van der Waals surface area contributed by atoms with Crippen LogP contribution in [0.1, 0.15) is 47.0 Å². The molecule has 1 aliphatic heterocycles. The van der Waals surface area contributed by atoms with Crippen LogP contribution in [0.25, 0.3) is 0 Å². The Labute approximate surface area is 191 Å². The number of carbonyl (C=O) groups is 2. The number of rotatable bonds is 13. The molecule has 0 saturated heterocycles. The first kappa shape index (κ1) is 27.8. The van der Waals surface area contributed by atoms with Gasteiger partial charge in [-0.05, 0) is 56.6 Å². The van der Waals surface area contributed by atoms with Gasteiger partial charge in [0.05, 0.1) is 6.10 Å². The molecule has 6 unspecified atom stereocenters. The van der Waals surface area contributed by atoms with Crippen molar-refractivity contribution in [3.8, 4) is 0 Å². The predicted octanol–water partition coefficient (Wildman–Crippen LogP) is 2.86. The summed E-state index contributed by atoms with van der Waals surface area (Å²) in [5.41, 5.74) is 1.52. The van der Waals surface area contributed by atoms with Crippen molar-refractivity contribution in [2.75, 3.05) is 13.2 Å². The van der Waals surface area contributed by atoms with Gasteiger partial charge in [0.1, 0.15) is 6.10 Å². The maximum Gasteiger partial charge on any atom is 0.331 e. The van der Waals surface area contributed by atoms with Crippen LogP contribution < -0.4 is 0 Å². The highest BCUT2D eigenvalue weighted by Gasteiger charge is 2.34. The van der Waals surface area contributed by atoms with Crippen molar-refractivity contribution in [2.24, 2.45) is 17.8 Å². The average Bonchev–Trinajstić information content (AvgIpc) is 2.72. The zero-order valence-corrected chi connectivity index (χ0v) is 19.6. The van der Waals surface area contributed by atoms with Crippen molar-refractivity contribution in [2.45, 2.75) is 65.3 Å². The summed E-state index contributed by atoms with van der Waals surface area (Å²) in [5, 5.41) is 27.9. The SMILES string of the molecule is C=C(CC(C)CC(C)C1OC(=O)C=CC1OC(=O)C=CC(C)=CC(CO)CCO)C(C)O. The molecule has 0 spiro atoms. The topological polar surface area (TPSA) is 113 Å². The molecule has 3 N–H and O–H groups in total. The van der Waals surface area contributed by atoms with Crippen LogP contribution in [-0.4, -0.2) is 58.8 Å². The predicted molar refractivity (Wildman–Crippen MR) is 122 cm³/mol. The Morgan fingerprint density at radius 3 is 2.56 bits per heavy atom. The molecule has 0 radical (unpaired) electrons. The zero-order valence-electron chi connectivity index (χ0n) is 19.6. The highest BCUT2D eigenvalue weighted by molar-refractivity contribution is 5.85. The number of carbonyl (C=O) groups excluding carboxylic acids is 2. The Hall–Kier alpha value is -2.22. The summed E-state index contributed by atoms with van der Waals surface area (Å²) in [6.45, 7) is 11.2. The first-order valence-electron chi connectivity index (χ1n) is 11.1. The molecule has 0 amide bonds. The lowest BCUT2D eigenvalue weighted by Gasteiger charge is -2.32. The molecule has 0 saturated carbocycles. The van der Waals surface area contributed by atoms with Crippen molar-refractivity contribution < 1.29 is 34.4 Å². The Morgan fingerprint density at radius 2 is 1.97 bits per heavy atom. The fourth-order valence-electron chi connectivity index (χ4n) is 3.73. The van der Waals surface area contributed by atoms with Gasteiger partial charge in [0.15, 0.2) is 6.10 Å². The van der Waals surface area contributed by atoms with Gasteiger partial charge >= 0.3 is 11.9 Å². The van der Waals surface area contributed by atoms with Crippen LogP contribution in [0.2, 0.25) is 0 Å². The van der Waals surface area contributed by atoms with E-state index in [0.717, 1.165) is 11.1 Å². The van der Waals surface area contributed by atoms with E-state index in [4.69, 9.17) is 14.6 Å². The number of hydrogen-bond acceptors (Lipinski definition) is 7. The van der Waals surface area contributed by atoms with Crippen LogP contribution >= 0.6 is 0 Å². The molecule has 32 heavy (non-hydrogen) atoms. The minimum absolute atomic E-state index is 0.0289. The molecular formula is C25H38O7. The van der Waals surface area contributed by atoms with Gasteiger partial charge in [-0.15, -0.1) is 0 Å². The van der Waals surface area contributed by atoms with E-state index in [1.54, 1.807) is 32.1 Å². The maximum atomic E-state index is 12.3. The lowest BCUT2D eigenvalue weighted by molar-refractivity contribution is -0.164. The molecule has 7 nitrogen and oxygen atoms in total. The Morgan fingerprint density at radius 1 is 1.28 bits per heavy atom. The van der Waals surface area contributed by atoms with Crippen LogP contribution in [-0.2, 0) is 19.1 Å². The molecule has 1 rings (SSSR count). The standard InChI is InChI=1S/C25H38O7/c1-16(14-21(15-27)10-11-26)6-8-23(29)31-22-7-9-24(30)32-25(22)19(4)13-17(2)12-18(3)20(5)28/h6-9,14,17,19-22,25-28H,3,10-13,15H2,1-2,4-5H3. The lowest BCUT2D eigenvalue weighted by Crippen LogP contribution is -2.41. The number of esters is 2. The van der Waals surface area contributed by atoms with Gasteiger partial charge in [-0.2, -0.15) is 0 Å². The van der Waals surface area contributed by atoms with E-state index in [-0.39, 0.29) is 31.0 Å². The lowest BCUT2D eigenvalue weighted by atomic mass is 9.86. The number of allylic oxidation sites excluding steroid dienone is 2. The zero-order chi connectivity index (χ0) is 24.3. The third-order valence-electron chi connectivity index (χ3n) is 5.50. The van der Waals surface area contributed by atoms with Gasteiger partial charge in [-0.1, -0.05) is 38.2 Å². The van der Waals surface area contributed by atoms with Crippen molar-refractivity contribution in [3.05, 3.63) is 48.1 Å². The summed E-state index contributed by atoms with van der Waals surface area (Å²) in [5.74, 6) is -1.09. The highest BCUT2D eigenvalue weighted by atomic mass is 16.6. The number of hydrogen-bond donors (Lipinski definition) is 3. The van der Waals surface area contributed by atoms with Gasteiger partial charge in [-0.3, -0.25) is 0 Å². The summed E-state index contributed by atoms with van der Waals surface area (Å²) in [6, 6.07) is 0. The summed E-state index contributed by atoms with van der Waals surface area (Å²) in [6.07, 6.45) is 7.39. The number of aliphatic hydroxyl groups excluding tert-OH is 3. The van der Waals surface area contributed by atoms with Crippen molar-refractivity contribution >= 4 is 11.9 Å². The second-order valence-electron chi connectivity index (χ2n) is 8.72. The van der Waals surface area contributed by atoms with Crippen LogP contribution in [0, 0.1) is 17.8 Å². The largest absolute Gasteiger partial charge is 0.455 e. The quantitative estimate of drug-likeness (QED) is 0.171. The van der Waals surface area contributed by atoms with Gasteiger partial charge in [0.2, 0.25) is 0 Å². The summed E-state index contributed by atoms with van der Waals surface area (Å²) in [4.78, 5) is 24.2. The van der Waals surface area contributed by atoms with Crippen LogP contribution in [0.5, 0.6) is 0 Å². The molecular weight excluding hydrogens is 412 g/mol. The fourth-order valence-corrected chi connectivity index (χ4v) is 3.73. The molecule has 6 atom stereocenters. The van der Waals surface area contributed by atoms with Gasteiger partial charge in [0, 0.05) is 31.3 Å². The second kappa shape index (κ2) is 14.0. The van der Waals surface area contributed by atoms with Gasteiger partial charge < -0.3 is 24.8 Å². The minimum atomic E-state index is -0.698. The molecule has 0 aromatic rings. The third kappa shape index (κ3) is 9.94. The first-order valence-corrected chi connectivity index (χ1v) is 11.1. The average molecular weight is 451 g/mol. The summed E-state index contributed by atoms with van der Waals surface area (Å²) >= 11 is 0. The third-order valence-corrected chi connectivity index (χ3v) is 5.50. The van der Waals surface area contributed by atoms with E-state index in [9.17, 15) is 19.8 Å². The molecule has 0 aromatic heterocycles. The number of aliphatic hydroxyl groups is 3. The van der Waals surface area contributed by atoms with Crippen molar-refractivity contribution in [1.29, 1.82) is 0 Å². The molecule has 0 bridgehead atoms. The van der Waals surface area contributed by atoms with Gasteiger partial charge in [0.25, 0.3) is 0 Å². The first-order chi connectivity index (χ1) is 15.1. The van der Waals surface area contributed by atoms with Crippen LogP contribution in [0.4, 0.5) is 0 Å². The Bertz CT molecular complexity index is 720. The Kier molecular flexibility index (Phi) is 12.2. The molecule has 0 aromatic carbocycles. The minimum Gasteiger partial charge on any atom is -0.455 e. The van der Waals surface area contributed by atoms with Gasteiger partial charge in [-0.25, -0.2) is 9.59 Å². The summed E-state index contributed by atoms with van der Waals surface area (Å²) in [7, 11) is 0. The van der Waals surface area contributed by atoms with Crippen molar-refractivity contribution in [3.63, 3.8) is 0 Å². The number of ether oxygens (including phenoxy) is 2. The molecule has 1 aliphatic rings. The maximum absolute atomic E-state index is 12.3. The Balaban J connectivity index is 2.76. The van der Waals surface area contributed by atoms with E-state index < -0.39 is 30.3 Å². The van der Waals surface area contributed by atoms with E-state index in [1.807, 2.05) is 13.8 Å². The smallest absolute Gasteiger partial charge is 0.331 e. The molecule has 180 valence electrons. The normalized spacial score (nSPS) is 22.8. The van der Waals surface area contributed by atoms with Crippen LogP contribution in [0.3, 0.4) is 0 Å². The molecule has 0 fully saturated rings. The monoisotopic (exact) mass is 450 g/mol. The van der Waals surface area contributed by atoms with E-state index in [1.165, 1.54) is 12.2 Å². The van der Waals surface area contributed by atoms with E-state index in [2.05, 4.69) is 6.58 Å². The molecule has 1 heterocycles. The fraction of sp³-hybridized carbons (Fsp3) is 0.600. The molecule has 7 heteroatoms. The van der Waals surface area contributed by atoms with E-state index in [0.29, 0.717) is 19.3 Å². The molecule has 0 aliphatic carbocycles. The van der Waals surface area contributed by atoms with Crippen LogP contribution in [0.15, 0.2) is 48.1 Å². The second-order valence-corrected chi connectivity index (χ2v) is 8.72. The highest BCUT2D eigenvalue weighted by Crippen LogP contribution is 2.28. The van der Waals surface area contributed by atoms with E-state index >= 15 is 0 Å².